The van der Waals surface area contributed by atoms with Crippen LogP contribution >= 0.6 is 0 Å². The average Bonchev–Trinajstić information content (AvgIpc) is 2.57. The summed E-state index contributed by atoms with van der Waals surface area (Å²) in [5.74, 6) is 0.852. The van der Waals surface area contributed by atoms with Crippen LogP contribution in [0.25, 0.3) is 0 Å². The predicted octanol–water partition coefficient (Wildman–Crippen LogP) is 2.48. The van der Waals surface area contributed by atoms with Crippen molar-refractivity contribution in [1.29, 1.82) is 0 Å². The first-order valence-electron chi connectivity index (χ1n) is 8.41. The number of methoxy groups -OCH3 is 1. The van der Waals surface area contributed by atoms with Crippen LogP contribution in [0.5, 0.6) is 5.75 Å². The van der Waals surface area contributed by atoms with E-state index < -0.39 is 6.10 Å². The SMILES string of the molecule is COc1ccc(CC(C)(C)NCC(O)CCCC[N+](=O)OC)cc1. The molecule has 1 rings (SSSR count). The summed E-state index contributed by atoms with van der Waals surface area (Å²) in [6, 6.07) is 8.03. The number of nitrogens with zero attached hydrogens (tertiary/aromatic N) is 1. The molecule has 0 bridgehead atoms. The molecule has 0 fully saturated rings. The smallest absolute Gasteiger partial charge is 0.248 e. The number of unbranched alkanes of at least 4 members (excludes halogenated alkanes) is 1. The molecule has 0 aliphatic heterocycles. The van der Waals surface area contributed by atoms with E-state index in [1.807, 2.05) is 12.1 Å². The summed E-state index contributed by atoms with van der Waals surface area (Å²) in [6.07, 6.45) is 2.63. The quantitative estimate of drug-likeness (QED) is 0.452. The molecule has 0 saturated heterocycles. The van der Waals surface area contributed by atoms with Crippen LogP contribution < -0.4 is 10.1 Å². The molecule has 0 aliphatic carbocycles. The molecule has 0 saturated carbocycles. The fraction of sp³-hybridized carbons (Fsp3) is 0.667. The number of rotatable bonds is 12. The van der Waals surface area contributed by atoms with E-state index >= 15 is 0 Å². The lowest BCUT2D eigenvalue weighted by Crippen LogP contribution is -2.45. The van der Waals surface area contributed by atoms with E-state index in [1.54, 1.807) is 7.11 Å². The Morgan fingerprint density at radius 1 is 1.21 bits per heavy atom. The van der Waals surface area contributed by atoms with Gasteiger partial charge in [-0.3, -0.25) is 0 Å². The number of hydrogen-bond donors (Lipinski definition) is 2. The van der Waals surface area contributed by atoms with Gasteiger partial charge in [0.25, 0.3) is 0 Å². The normalized spacial score (nSPS) is 12.7. The van der Waals surface area contributed by atoms with E-state index in [4.69, 9.17) is 4.74 Å². The Morgan fingerprint density at radius 2 is 1.88 bits per heavy atom. The van der Waals surface area contributed by atoms with Crippen LogP contribution in [-0.4, -0.2) is 49.0 Å². The third kappa shape index (κ3) is 8.26. The highest BCUT2D eigenvalue weighted by Gasteiger charge is 2.19. The second kappa shape index (κ2) is 10.3. The van der Waals surface area contributed by atoms with E-state index in [0.717, 1.165) is 18.6 Å². The van der Waals surface area contributed by atoms with Crippen molar-refractivity contribution in [2.24, 2.45) is 0 Å². The molecule has 1 unspecified atom stereocenters. The van der Waals surface area contributed by atoms with Gasteiger partial charge in [0.05, 0.1) is 18.1 Å². The number of aliphatic hydroxyl groups is 1. The first-order chi connectivity index (χ1) is 11.4. The molecular formula is C18H31N2O4+. The molecule has 1 aromatic rings. The van der Waals surface area contributed by atoms with Crippen molar-refractivity contribution in [3.05, 3.63) is 34.7 Å². The van der Waals surface area contributed by atoms with Gasteiger partial charge < -0.3 is 15.2 Å². The van der Waals surface area contributed by atoms with Crippen LogP contribution in [0.4, 0.5) is 0 Å². The maximum atomic E-state index is 10.9. The van der Waals surface area contributed by atoms with Crippen LogP contribution in [0, 0.1) is 4.91 Å². The topological polar surface area (TPSA) is 70.8 Å². The van der Waals surface area contributed by atoms with Gasteiger partial charge in [-0.05, 0) is 50.8 Å². The minimum Gasteiger partial charge on any atom is -0.497 e. The molecule has 1 aromatic carbocycles. The zero-order valence-corrected chi connectivity index (χ0v) is 15.2. The van der Waals surface area contributed by atoms with Crippen molar-refractivity contribution in [3.63, 3.8) is 0 Å². The number of benzene rings is 1. The van der Waals surface area contributed by atoms with Gasteiger partial charge in [0.1, 0.15) is 5.75 Å². The highest BCUT2D eigenvalue weighted by Crippen LogP contribution is 2.17. The Kier molecular flexibility index (Phi) is 8.71. The Hall–Kier alpha value is -1.66. The lowest BCUT2D eigenvalue weighted by Gasteiger charge is -2.28. The van der Waals surface area contributed by atoms with Crippen molar-refractivity contribution in [1.82, 2.24) is 5.32 Å². The summed E-state index contributed by atoms with van der Waals surface area (Å²) < 4.78 is 5.17. The van der Waals surface area contributed by atoms with Gasteiger partial charge in [-0.15, -0.1) is 0 Å². The molecule has 0 spiro atoms. The monoisotopic (exact) mass is 339 g/mol. The molecule has 0 aliphatic rings. The van der Waals surface area contributed by atoms with Crippen LogP contribution in [-0.2, 0) is 11.3 Å². The Labute approximate surface area is 144 Å². The summed E-state index contributed by atoms with van der Waals surface area (Å²) in [6.45, 7) is 5.11. The van der Waals surface area contributed by atoms with Gasteiger partial charge in [-0.2, -0.15) is 0 Å². The molecule has 0 radical (unpaired) electrons. The third-order valence-electron chi connectivity index (χ3n) is 3.95. The van der Waals surface area contributed by atoms with Gasteiger partial charge >= 0.3 is 0 Å². The lowest BCUT2D eigenvalue weighted by molar-refractivity contribution is -0.796. The van der Waals surface area contributed by atoms with Crippen molar-refractivity contribution in [3.8, 4) is 5.75 Å². The molecular weight excluding hydrogens is 308 g/mol. The van der Waals surface area contributed by atoms with Crippen LogP contribution in [0.1, 0.15) is 38.7 Å². The second-order valence-corrected chi connectivity index (χ2v) is 6.68. The first-order valence-corrected chi connectivity index (χ1v) is 8.41. The molecule has 0 heterocycles. The number of hydrogen-bond acceptors (Lipinski definition) is 5. The van der Waals surface area contributed by atoms with Crippen LogP contribution in [0.2, 0.25) is 0 Å². The summed E-state index contributed by atoms with van der Waals surface area (Å²) in [7, 11) is 3.02. The molecule has 0 aromatic heterocycles. The van der Waals surface area contributed by atoms with E-state index in [0.29, 0.717) is 30.9 Å². The maximum Gasteiger partial charge on any atom is 0.248 e. The predicted molar refractivity (Wildman–Crippen MR) is 94.1 cm³/mol. The largest absolute Gasteiger partial charge is 0.497 e. The van der Waals surface area contributed by atoms with Gasteiger partial charge in [0, 0.05) is 18.5 Å². The van der Waals surface area contributed by atoms with E-state index in [-0.39, 0.29) is 5.54 Å². The van der Waals surface area contributed by atoms with Crippen molar-refractivity contribution in [2.45, 2.75) is 51.2 Å². The van der Waals surface area contributed by atoms with Crippen molar-refractivity contribution < 1.29 is 19.6 Å². The fourth-order valence-corrected chi connectivity index (χ4v) is 2.52. The Bertz CT molecular complexity index is 488. The van der Waals surface area contributed by atoms with E-state index in [2.05, 4.69) is 36.1 Å². The first kappa shape index (κ1) is 20.4. The molecule has 1 atom stereocenters. The minimum atomic E-state index is -0.414. The van der Waals surface area contributed by atoms with E-state index in [1.165, 1.54) is 12.7 Å². The van der Waals surface area contributed by atoms with Gasteiger partial charge in [0.2, 0.25) is 11.5 Å². The number of β-amino-alcohol motifs (C(OH)–C–C–N with tert-alkyl or cyclic N) is 1. The third-order valence-corrected chi connectivity index (χ3v) is 3.95. The van der Waals surface area contributed by atoms with Gasteiger partial charge in [-0.1, -0.05) is 12.1 Å². The summed E-state index contributed by atoms with van der Waals surface area (Å²) >= 11 is 0. The van der Waals surface area contributed by atoms with Crippen LogP contribution in [0.3, 0.4) is 0 Å². The standard InChI is InChI=1S/C18H31N2O4/c1-18(2,13-15-8-10-17(23-3)11-9-15)19-14-16(21)7-5-6-12-20(22)24-4/h8-11,16,19,21H,5-7,12-14H2,1-4H3/q+1. The number of nitrogens with one attached hydrogen (secondary N) is 1. The van der Waals surface area contributed by atoms with Crippen molar-refractivity contribution >= 4 is 0 Å². The highest BCUT2D eigenvalue weighted by atomic mass is 16.8. The zero-order valence-electron chi connectivity index (χ0n) is 15.2. The van der Waals surface area contributed by atoms with Gasteiger partial charge in [-0.25, -0.2) is 4.84 Å². The molecule has 2 N–H and O–H groups in total. The Morgan fingerprint density at radius 3 is 2.46 bits per heavy atom. The van der Waals surface area contributed by atoms with Crippen LogP contribution in [0.15, 0.2) is 24.3 Å². The second-order valence-electron chi connectivity index (χ2n) is 6.68. The summed E-state index contributed by atoms with van der Waals surface area (Å²) in [4.78, 5) is 16.0. The fourth-order valence-electron chi connectivity index (χ4n) is 2.52. The maximum absolute atomic E-state index is 10.9. The molecule has 24 heavy (non-hydrogen) atoms. The molecule has 136 valence electrons. The summed E-state index contributed by atoms with van der Waals surface area (Å²) in [5, 5.41) is 13.5. The Balaban J connectivity index is 2.28. The number of aliphatic hydroxyl groups excluding tert-OH is 1. The average molecular weight is 339 g/mol. The molecule has 6 nitrogen and oxygen atoms in total. The molecule has 6 heteroatoms. The molecule has 0 amide bonds. The van der Waals surface area contributed by atoms with E-state index in [9.17, 15) is 10.0 Å². The lowest BCUT2D eigenvalue weighted by atomic mass is 9.94. The summed E-state index contributed by atoms with van der Waals surface area (Å²) in [5.41, 5.74) is 1.11. The highest BCUT2D eigenvalue weighted by molar-refractivity contribution is 5.28. The minimum absolute atomic E-state index is 0.114. The number of ether oxygens (including phenoxy) is 1. The zero-order chi connectivity index (χ0) is 18.0. The van der Waals surface area contributed by atoms with Gasteiger partial charge in [0.15, 0.2) is 7.11 Å². The van der Waals surface area contributed by atoms with Crippen molar-refractivity contribution in [2.75, 3.05) is 27.3 Å².